The van der Waals surface area contributed by atoms with Crippen LogP contribution < -0.4 is 0 Å². The Morgan fingerprint density at radius 3 is 2.00 bits per heavy atom. The highest BCUT2D eigenvalue weighted by atomic mass is 32.2. The quantitative estimate of drug-likeness (QED) is 0.509. The predicted molar refractivity (Wildman–Crippen MR) is 73.0 cm³/mol. The number of benzene rings is 1. The lowest BCUT2D eigenvalue weighted by Crippen LogP contribution is -2.20. The van der Waals surface area contributed by atoms with Crippen LogP contribution in [0.5, 0.6) is 0 Å². The summed E-state index contributed by atoms with van der Waals surface area (Å²) in [5.41, 5.74) is 0.0827. The molecule has 1 aromatic rings. The number of Topliss-reactive ketones (excluding diaryl/α,β-unsaturated/α-hetero) is 2. The monoisotopic (exact) mass is 294 g/mol. The van der Waals surface area contributed by atoms with Gasteiger partial charge in [-0.2, -0.15) is 0 Å². The summed E-state index contributed by atoms with van der Waals surface area (Å²) in [5, 5.41) is 10.1. The Morgan fingerprint density at radius 1 is 1.05 bits per heavy atom. The lowest BCUT2D eigenvalue weighted by atomic mass is 9.90. The molecule has 0 spiro atoms. The number of allylic oxidation sites excluding steroid dienone is 1. The van der Waals surface area contributed by atoms with Gasteiger partial charge in [0.2, 0.25) is 0 Å². The molecular formula is C14H14O5S. The van der Waals surface area contributed by atoms with E-state index in [4.69, 9.17) is 0 Å². The molecule has 106 valence electrons. The molecular weight excluding hydrogens is 280 g/mol. The molecule has 0 heterocycles. The van der Waals surface area contributed by atoms with Gasteiger partial charge in [-0.1, -0.05) is 0 Å². The first kappa shape index (κ1) is 14.5. The van der Waals surface area contributed by atoms with Crippen molar-refractivity contribution < 1.29 is 23.1 Å². The number of hydrogen-bond acceptors (Lipinski definition) is 5. The van der Waals surface area contributed by atoms with Crippen molar-refractivity contribution in [3.8, 4) is 0 Å². The molecule has 6 heteroatoms. The largest absolute Gasteiger partial charge is 0.506 e. The van der Waals surface area contributed by atoms with Crippen LogP contribution in [0.1, 0.15) is 24.8 Å². The molecule has 0 radical (unpaired) electrons. The minimum atomic E-state index is -3.32. The number of ketones is 2. The number of aliphatic hydroxyl groups excluding tert-OH is 1. The fourth-order valence-corrected chi connectivity index (χ4v) is 2.71. The third-order valence-corrected chi connectivity index (χ3v) is 4.29. The second-order valence-corrected chi connectivity index (χ2v) is 6.74. The van der Waals surface area contributed by atoms with E-state index in [9.17, 15) is 23.1 Å². The van der Waals surface area contributed by atoms with Crippen LogP contribution in [-0.2, 0) is 19.4 Å². The van der Waals surface area contributed by atoms with Gasteiger partial charge in [-0.15, -0.1) is 0 Å². The molecule has 0 bridgehead atoms. The Labute approximate surface area is 116 Å². The summed E-state index contributed by atoms with van der Waals surface area (Å²) in [4.78, 5) is 23.5. The van der Waals surface area contributed by atoms with Gasteiger partial charge in [-0.25, -0.2) is 8.42 Å². The molecule has 0 unspecified atom stereocenters. The predicted octanol–water partition coefficient (Wildman–Crippen LogP) is 1.68. The van der Waals surface area contributed by atoms with Crippen molar-refractivity contribution in [3.05, 3.63) is 35.4 Å². The summed E-state index contributed by atoms with van der Waals surface area (Å²) in [7, 11) is -3.32. The van der Waals surface area contributed by atoms with Gasteiger partial charge in [0.25, 0.3) is 0 Å². The van der Waals surface area contributed by atoms with E-state index in [1.54, 1.807) is 0 Å². The van der Waals surface area contributed by atoms with Crippen molar-refractivity contribution >= 4 is 27.2 Å². The third kappa shape index (κ3) is 2.80. The maximum absolute atomic E-state index is 11.7. The van der Waals surface area contributed by atoms with E-state index in [1.807, 2.05) is 0 Å². The Morgan fingerprint density at radius 2 is 1.55 bits per heavy atom. The Bertz CT molecular complexity index is 678. The number of hydrogen-bond donors (Lipinski definition) is 1. The van der Waals surface area contributed by atoms with Crippen LogP contribution in [0.2, 0.25) is 0 Å². The smallest absolute Gasteiger partial charge is 0.175 e. The van der Waals surface area contributed by atoms with Gasteiger partial charge >= 0.3 is 0 Å². The molecule has 0 saturated heterocycles. The van der Waals surface area contributed by atoms with Crippen LogP contribution in [0.4, 0.5) is 0 Å². The van der Waals surface area contributed by atoms with Gasteiger partial charge in [0.15, 0.2) is 21.4 Å². The van der Waals surface area contributed by atoms with Gasteiger partial charge in [0.05, 0.1) is 4.90 Å². The zero-order valence-electron chi connectivity index (χ0n) is 10.9. The van der Waals surface area contributed by atoms with Crippen molar-refractivity contribution in [2.24, 2.45) is 0 Å². The van der Waals surface area contributed by atoms with E-state index >= 15 is 0 Å². The van der Waals surface area contributed by atoms with Crippen molar-refractivity contribution in [1.82, 2.24) is 0 Å². The first-order chi connectivity index (χ1) is 9.30. The lowest BCUT2D eigenvalue weighted by molar-refractivity contribution is -0.123. The van der Waals surface area contributed by atoms with Gasteiger partial charge < -0.3 is 5.11 Å². The molecule has 1 aromatic carbocycles. The summed E-state index contributed by atoms with van der Waals surface area (Å²) in [5.74, 6) is -1.11. The Hall–Kier alpha value is -1.95. The fourth-order valence-electron chi connectivity index (χ4n) is 2.08. The summed E-state index contributed by atoms with van der Waals surface area (Å²) in [6.07, 6.45) is 2.06. The molecule has 0 aliphatic heterocycles. The highest BCUT2D eigenvalue weighted by molar-refractivity contribution is 7.90. The first-order valence-corrected chi connectivity index (χ1v) is 8.00. The van der Waals surface area contributed by atoms with Gasteiger partial charge in [0, 0.05) is 24.7 Å². The molecule has 2 rings (SSSR count). The minimum Gasteiger partial charge on any atom is -0.506 e. The summed E-state index contributed by atoms with van der Waals surface area (Å²) in [6, 6.07) is 5.43. The topological polar surface area (TPSA) is 88.5 Å². The molecule has 1 aliphatic carbocycles. The number of rotatable bonds is 2. The standard InChI is InChI=1S/C14H14O5S/c1-20(18,19)10-7-5-9(6-8-10)14(17)13-11(15)3-2-4-12(13)16/h5-8,17H,2-4H2,1H3. The van der Waals surface area contributed by atoms with Crippen LogP contribution in [0, 0.1) is 0 Å². The number of sulfone groups is 1. The average Bonchev–Trinajstić information content (AvgIpc) is 2.37. The third-order valence-electron chi connectivity index (χ3n) is 3.16. The van der Waals surface area contributed by atoms with Crippen LogP contribution in [0.3, 0.4) is 0 Å². The van der Waals surface area contributed by atoms with Gasteiger partial charge in [-0.05, 0) is 30.7 Å². The van der Waals surface area contributed by atoms with E-state index < -0.39 is 9.84 Å². The van der Waals surface area contributed by atoms with Crippen molar-refractivity contribution in [2.45, 2.75) is 24.2 Å². The second-order valence-electron chi connectivity index (χ2n) is 4.72. The number of carbonyl (C=O) groups is 2. The minimum absolute atomic E-state index is 0.111. The van der Waals surface area contributed by atoms with E-state index in [0.717, 1.165) is 6.26 Å². The molecule has 1 fully saturated rings. The molecule has 5 nitrogen and oxygen atoms in total. The molecule has 0 atom stereocenters. The maximum Gasteiger partial charge on any atom is 0.175 e. The Balaban J connectivity index is 2.45. The van der Waals surface area contributed by atoms with E-state index in [-0.39, 0.29) is 46.2 Å². The average molecular weight is 294 g/mol. The maximum atomic E-state index is 11.7. The SMILES string of the molecule is CS(=O)(=O)c1ccc(C(O)=C2C(=O)CCCC2=O)cc1. The number of carbonyl (C=O) groups excluding carboxylic acids is 2. The number of aliphatic hydroxyl groups is 1. The molecule has 1 N–H and O–H groups in total. The normalized spacial score (nSPS) is 16.4. The molecule has 1 aliphatic rings. The van der Waals surface area contributed by atoms with Crippen LogP contribution >= 0.6 is 0 Å². The van der Waals surface area contributed by atoms with Gasteiger partial charge in [-0.3, -0.25) is 9.59 Å². The van der Waals surface area contributed by atoms with Crippen molar-refractivity contribution in [2.75, 3.05) is 6.26 Å². The van der Waals surface area contributed by atoms with Crippen molar-refractivity contribution in [3.63, 3.8) is 0 Å². The Kier molecular flexibility index (Phi) is 3.76. The lowest BCUT2D eigenvalue weighted by Gasteiger charge is -2.14. The van der Waals surface area contributed by atoms with Crippen molar-refractivity contribution in [1.29, 1.82) is 0 Å². The summed E-state index contributed by atoms with van der Waals surface area (Å²) in [6.45, 7) is 0. The van der Waals surface area contributed by atoms with Gasteiger partial charge in [0.1, 0.15) is 11.3 Å². The van der Waals surface area contributed by atoms with Crippen LogP contribution in [0.25, 0.3) is 5.76 Å². The molecule has 0 aromatic heterocycles. The summed E-state index contributed by atoms with van der Waals surface area (Å²) >= 11 is 0. The fraction of sp³-hybridized carbons (Fsp3) is 0.286. The van der Waals surface area contributed by atoms with E-state index in [2.05, 4.69) is 0 Å². The second kappa shape index (κ2) is 5.20. The molecule has 1 saturated carbocycles. The molecule has 20 heavy (non-hydrogen) atoms. The first-order valence-electron chi connectivity index (χ1n) is 6.11. The van der Waals surface area contributed by atoms with E-state index in [1.165, 1.54) is 24.3 Å². The molecule has 0 amide bonds. The van der Waals surface area contributed by atoms with Crippen LogP contribution in [-0.4, -0.2) is 31.3 Å². The highest BCUT2D eigenvalue weighted by Gasteiger charge is 2.27. The van der Waals surface area contributed by atoms with E-state index in [0.29, 0.717) is 6.42 Å². The zero-order chi connectivity index (χ0) is 14.9. The highest BCUT2D eigenvalue weighted by Crippen LogP contribution is 2.25. The van der Waals surface area contributed by atoms with Crippen LogP contribution in [0.15, 0.2) is 34.7 Å². The zero-order valence-corrected chi connectivity index (χ0v) is 11.7. The summed E-state index contributed by atoms with van der Waals surface area (Å²) < 4.78 is 22.7.